The molecule has 9 aromatic rings. The van der Waals surface area contributed by atoms with Gasteiger partial charge in [0, 0.05) is 44.6 Å². The lowest BCUT2D eigenvalue weighted by molar-refractivity contribution is 0.640. The number of hydrogen-bond acceptors (Lipinski definition) is 4. The molecule has 0 radical (unpaired) electrons. The highest BCUT2D eigenvalue weighted by Gasteiger charge is 2.52. The van der Waals surface area contributed by atoms with Crippen LogP contribution in [0, 0.1) is 13.8 Å². The summed E-state index contributed by atoms with van der Waals surface area (Å²) >= 11 is 0. The fourth-order valence-corrected chi connectivity index (χ4v) is 12.6. The molecule has 4 nitrogen and oxygen atoms in total. The van der Waals surface area contributed by atoms with Gasteiger partial charge in [0.2, 0.25) is 13.4 Å². The van der Waals surface area contributed by atoms with Crippen LogP contribution in [-0.2, 0) is 10.8 Å². The van der Waals surface area contributed by atoms with Crippen LogP contribution in [-0.4, -0.2) is 28.4 Å². The zero-order valence-corrected chi connectivity index (χ0v) is 37.6. The summed E-state index contributed by atoms with van der Waals surface area (Å²) in [4.78, 5) is 17.8. The predicted molar refractivity (Wildman–Crippen MR) is 272 cm³/mol. The van der Waals surface area contributed by atoms with Gasteiger partial charge < -0.3 is 4.90 Å². The highest BCUT2D eigenvalue weighted by Crippen LogP contribution is 2.47. The van der Waals surface area contributed by atoms with Crippen LogP contribution in [0.2, 0.25) is 0 Å². The fraction of sp³-hybridized carbons (Fsp3) is 0.136. The summed E-state index contributed by atoms with van der Waals surface area (Å²) in [7, 11) is 0. The van der Waals surface area contributed by atoms with Crippen LogP contribution in [0.1, 0.15) is 61.1 Å². The van der Waals surface area contributed by atoms with E-state index in [0.29, 0.717) is 17.5 Å². The molecule has 1 aromatic heterocycles. The molecule has 308 valence electrons. The Morgan fingerprint density at radius 1 is 0.385 bits per heavy atom. The maximum atomic E-state index is 5.07. The molecule has 0 atom stereocenters. The third-order valence-corrected chi connectivity index (χ3v) is 15.3. The highest BCUT2D eigenvalue weighted by atomic mass is 15.2. The summed E-state index contributed by atoms with van der Waals surface area (Å²) in [5, 5.41) is 0. The van der Waals surface area contributed by atoms with Crippen LogP contribution in [0.4, 0.5) is 17.1 Å². The maximum Gasteiger partial charge on any atom is 0.247 e. The van der Waals surface area contributed by atoms with Crippen molar-refractivity contribution >= 4 is 63.3 Å². The molecule has 0 saturated carbocycles. The first-order chi connectivity index (χ1) is 31.6. The fourth-order valence-electron chi connectivity index (χ4n) is 12.6. The molecule has 5 heterocycles. The van der Waals surface area contributed by atoms with E-state index in [0.717, 1.165) is 16.7 Å². The van der Waals surface area contributed by atoms with Crippen molar-refractivity contribution in [3.8, 4) is 45.3 Å². The van der Waals surface area contributed by atoms with Crippen LogP contribution >= 0.6 is 0 Å². The second kappa shape index (κ2) is 13.6. The number of nitrogens with zero attached hydrogens (tertiary/aromatic N) is 4. The van der Waals surface area contributed by atoms with E-state index in [2.05, 4.69) is 180 Å². The van der Waals surface area contributed by atoms with Crippen molar-refractivity contribution in [2.45, 2.75) is 52.4 Å². The first-order valence-corrected chi connectivity index (χ1v) is 23.0. The van der Waals surface area contributed by atoms with E-state index in [1.54, 1.807) is 0 Å². The number of aryl methyl sites for hydroxylation is 2. The number of hydrogen-bond donors (Lipinski definition) is 0. The molecule has 4 aliphatic heterocycles. The monoisotopic (exact) mass is 832 g/mol. The number of fused-ring (bicyclic) bond motifs is 8. The van der Waals surface area contributed by atoms with Gasteiger partial charge >= 0.3 is 0 Å². The first kappa shape index (κ1) is 38.2. The van der Waals surface area contributed by atoms with Crippen molar-refractivity contribution in [3.63, 3.8) is 0 Å². The van der Waals surface area contributed by atoms with E-state index in [9.17, 15) is 0 Å². The molecule has 0 amide bonds. The van der Waals surface area contributed by atoms with Crippen LogP contribution < -0.4 is 37.7 Å². The van der Waals surface area contributed by atoms with E-state index in [-0.39, 0.29) is 24.3 Å². The Morgan fingerprint density at radius 2 is 0.769 bits per heavy atom. The molecule has 0 spiro atoms. The smallest absolute Gasteiger partial charge is 0.247 e. The number of rotatable bonds is 4. The first-order valence-electron chi connectivity index (χ1n) is 23.0. The molecule has 6 heteroatoms. The van der Waals surface area contributed by atoms with Gasteiger partial charge in [0.05, 0.1) is 0 Å². The number of aromatic nitrogens is 3. The average Bonchev–Trinajstić information content (AvgIpc) is 3.33. The Hall–Kier alpha value is -7.30. The van der Waals surface area contributed by atoms with Crippen LogP contribution in [0.5, 0.6) is 0 Å². The molecule has 13 rings (SSSR count). The van der Waals surface area contributed by atoms with Gasteiger partial charge in [-0.25, -0.2) is 15.0 Å². The Balaban J connectivity index is 1.06. The zero-order valence-electron chi connectivity index (χ0n) is 37.6. The topological polar surface area (TPSA) is 41.9 Å². The Labute approximate surface area is 382 Å². The van der Waals surface area contributed by atoms with Gasteiger partial charge in [-0.3, -0.25) is 0 Å². The Morgan fingerprint density at radius 3 is 1.22 bits per heavy atom. The highest BCUT2D eigenvalue weighted by molar-refractivity contribution is 7.03. The quantitative estimate of drug-likeness (QED) is 0.166. The minimum atomic E-state index is -0.169. The molecular formula is C59H46B2N4. The molecule has 65 heavy (non-hydrogen) atoms. The molecule has 0 fully saturated rings. The third-order valence-electron chi connectivity index (χ3n) is 15.3. The van der Waals surface area contributed by atoms with Crippen molar-refractivity contribution in [2.75, 3.05) is 4.90 Å². The van der Waals surface area contributed by atoms with Crippen molar-refractivity contribution in [2.24, 2.45) is 0 Å². The second-order valence-electron chi connectivity index (χ2n) is 19.6. The predicted octanol–water partition coefficient (Wildman–Crippen LogP) is 9.56. The van der Waals surface area contributed by atoms with Gasteiger partial charge in [-0.15, -0.1) is 0 Å². The third kappa shape index (κ3) is 5.31. The molecule has 0 aliphatic carbocycles. The SMILES string of the molecule is Cc1ccc2c3c1C(C)(C)c1ccccc1B3c1cc(-c3ccc(-c4nc(-c5ccccc5)nc(-c5ccccc5)n4)cc3)cc3c1N2c1ccc(C)c2c1B3c1ccccc1C2(C)C. The van der Waals surface area contributed by atoms with Gasteiger partial charge in [-0.05, 0) is 92.3 Å². The minimum Gasteiger partial charge on any atom is -0.313 e. The van der Waals surface area contributed by atoms with E-state index in [1.807, 2.05) is 36.4 Å². The van der Waals surface area contributed by atoms with Crippen molar-refractivity contribution in [3.05, 3.63) is 203 Å². The van der Waals surface area contributed by atoms with Gasteiger partial charge in [0.1, 0.15) is 0 Å². The Kier molecular flexibility index (Phi) is 7.99. The minimum absolute atomic E-state index is 0.0770. The average molecular weight is 833 g/mol. The van der Waals surface area contributed by atoms with E-state index < -0.39 is 0 Å². The summed E-state index contributed by atoms with van der Waals surface area (Å²) in [6.45, 7) is 14.5. The molecule has 4 aliphatic rings. The zero-order chi connectivity index (χ0) is 43.9. The molecule has 8 aromatic carbocycles. The second-order valence-corrected chi connectivity index (χ2v) is 19.6. The van der Waals surface area contributed by atoms with Gasteiger partial charge in [-0.1, -0.05) is 196 Å². The lowest BCUT2D eigenvalue weighted by Crippen LogP contribution is -2.70. The molecule has 0 bridgehead atoms. The van der Waals surface area contributed by atoms with Gasteiger partial charge in [0.15, 0.2) is 17.5 Å². The van der Waals surface area contributed by atoms with E-state index in [1.165, 1.54) is 94.3 Å². The normalized spacial score (nSPS) is 15.1. The standard InChI is InChI=1S/C59H46B2N4/c1-35-25-31-48-52-50(35)58(3,4)42-21-13-15-23-44(42)60(52)46-33-41(34-47-54(46)65(48)49-32-26-36(2)51-53(49)61(47)45-24-16-14-22-43(45)59(51,5)6)37-27-29-40(30-28-37)57-63-55(38-17-9-7-10-18-38)62-56(64-57)39-19-11-8-12-20-39/h7-34H,1-6H3. The van der Waals surface area contributed by atoms with Crippen LogP contribution in [0.3, 0.4) is 0 Å². The van der Waals surface area contributed by atoms with E-state index in [4.69, 9.17) is 15.0 Å². The van der Waals surface area contributed by atoms with Crippen molar-refractivity contribution in [1.29, 1.82) is 0 Å². The summed E-state index contributed by atoms with van der Waals surface area (Å²) in [5.74, 6) is 1.98. The van der Waals surface area contributed by atoms with Crippen LogP contribution in [0.15, 0.2) is 170 Å². The number of anilines is 3. The Bertz CT molecular complexity index is 3270. The summed E-state index contributed by atoms with van der Waals surface area (Å²) < 4.78 is 0. The van der Waals surface area contributed by atoms with Crippen LogP contribution in [0.25, 0.3) is 45.3 Å². The largest absolute Gasteiger partial charge is 0.313 e. The van der Waals surface area contributed by atoms with Gasteiger partial charge in [-0.2, -0.15) is 0 Å². The number of benzene rings is 8. The van der Waals surface area contributed by atoms with Gasteiger partial charge in [0.25, 0.3) is 0 Å². The molecule has 0 saturated heterocycles. The van der Waals surface area contributed by atoms with E-state index >= 15 is 0 Å². The maximum absolute atomic E-state index is 5.07. The van der Waals surface area contributed by atoms with Crippen molar-refractivity contribution in [1.82, 2.24) is 15.0 Å². The summed E-state index contributed by atoms with van der Waals surface area (Å²) in [6.07, 6.45) is 0. The molecule has 0 N–H and O–H groups in total. The lowest BCUT2D eigenvalue weighted by Gasteiger charge is -2.51. The molecule has 0 unspecified atom stereocenters. The summed E-state index contributed by atoms with van der Waals surface area (Å²) in [6, 6.07) is 62.5. The lowest BCUT2D eigenvalue weighted by atomic mass is 9.26. The van der Waals surface area contributed by atoms with Crippen molar-refractivity contribution < 1.29 is 0 Å². The molecular weight excluding hydrogens is 786 g/mol. The summed E-state index contributed by atoms with van der Waals surface area (Å²) in [5.41, 5.74) is 25.8.